The van der Waals surface area contributed by atoms with Gasteiger partial charge >= 0.3 is 0 Å². The second-order valence-electron chi connectivity index (χ2n) is 1.69. The Hall–Kier alpha value is 0.612. The van der Waals surface area contributed by atoms with Crippen LogP contribution in [0.5, 0.6) is 0 Å². The molecule has 3 nitrogen and oxygen atoms in total. The predicted octanol–water partition coefficient (Wildman–Crippen LogP) is -0.0876. The Kier molecular flexibility index (Phi) is 4.73. The van der Waals surface area contributed by atoms with E-state index in [1.54, 1.807) is 17.1 Å². The number of hydrogen-bond acceptors (Lipinski definition) is 2. The van der Waals surface area contributed by atoms with Crippen LogP contribution in [0.3, 0.4) is 0 Å². The number of imidazole rings is 1. The van der Waals surface area contributed by atoms with Crippen LogP contribution in [0.2, 0.25) is 0 Å². The van der Waals surface area contributed by atoms with Gasteiger partial charge in [0.15, 0.2) is 0 Å². The summed E-state index contributed by atoms with van der Waals surface area (Å²) >= 11 is 0. The average Bonchev–Trinajstić information content (AvgIpc) is 2.14. The molecule has 0 saturated carbocycles. The number of aliphatic hydroxyl groups excluding tert-OH is 1. The van der Waals surface area contributed by atoms with Crippen molar-refractivity contribution in [1.29, 1.82) is 0 Å². The van der Waals surface area contributed by atoms with E-state index < -0.39 is 0 Å². The van der Waals surface area contributed by atoms with Crippen molar-refractivity contribution in [3.05, 3.63) is 18.2 Å². The molecule has 0 fully saturated rings. The Balaban J connectivity index is 0.000000640. The van der Waals surface area contributed by atoms with Crippen LogP contribution in [0.1, 0.15) is 5.69 Å². The van der Waals surface area contributed by atoms with E-state index in [1.165, 1.54) is 0 Å². The van der Waals surface area contributed by atoms with Gasteiger partial charge in [-0.2, -0.15) is 0 Å². The van der Waals surface area contributed by atoms with E-state index in [4.69, 9.17) is 5.11 Å². The molecule has 0 unspecified atom stereocenters. The first-order chi connectivity index (χ1) is 3.83. The molecule has 4 heteroatoms. The fraction of sp³-hybridized carbons (Fsp3) is 0.400. The molecule has 0 saturated heterocycles. The molecule has 0 spiro atoms. The molecule has 0 atom stereocenters. The van der Waals surface area contributed by atoms with E-state index in [-0.39, 0.29) is 50.7 Å². The van der Waals surface area contributed by atoms with Crippen LogP contribution in [0.4, 0.5) is 0 Å². The maximum absolute atomic E-state index is 8.48. The zero-order valence-corrected chi connectivity index (χ0v) is 10.0. The molecule has 1 N–H and O–H groups in total. The largest absolute Gasteiger partial charge is 0.390 e. The summed E-state index contributed by atoms with van der Waals surface area (Å²) in [6.45, 7) is 0.0286. The van der Waals surface area contributed by atoms with Crippen molar-refractivity contribution in [3.8, 4) is 0 Å². The summed E-state index contributed by atoms with van der Waals surface area (Å²) in [6.07, 6.45) is 3.44. The van der Waals surface area contributed by atoms with Crippen molar-refractivity contribution in [1.82, 2.24) is 9.55 Å². The van der Waals surface area contributed by atoms with E-state index in [0.717, 1.165) is 0 Å². The quantitative estimate of drug-likeness (QED) is 0.777. The summed E-state index contributed by atoms with van der Waals surface area (Å²) in [6, 6.07) is 0. The first kappa shape index (κ1) is 9.61. The van der Waals surface area contributed by atoms with Gasteiger partial charge in [0.2, 0.25) is 0 Å². The van der Waals surface area contributed by atoms with Gasteiger partial charge in [-0.25, -0.2) is 4.98 Å². The molecule has 0 aliphatic rings. The summed E-state index contributed by atoms with van der Waals surface area (Å²) in [5.41, 5.74) is 0.715. The molecule has 1 aromatic heterocycles. The average molecular weight is 339 g/mol. The molecule has 1 aromatic rings. The number of aromatic nitrogens is 2. The summed E-state index contributed by atoms with van der Waals surface area (Å²) in [4.78, 5) is 3.85. The normalized spacial score (nSPS) is 8.67. The van der Waals surface area contributed by atoms with Gasteiger partial charge in [-0.15, -0.1) is 0 Å². The molecule has 1 rings (SSSR count). The summed E-state index contributed by atoms with van der Waals surface area (Å²) < 4.78 is 1.80. The summed E-state index contributed by atoms with van der Waals surface area (Å²) in [5, 5.41) is 8.48. The van der Waals surface area contributed by atoms with Gasteiger partial charge in [-0.05, 0) is 0 Å². The van der Waals surface area contributed by atoms with Gasteiger partial charge < -0.3 is 9.67 Å². The number of aryl methyl sites for hydroxylation is 1. The van der Waals surface area contributed by atoms with E-state index in [2.05, 4.69) is 4.98 Å². The van der Waals surface area contributed by atoms with Gasteiger partial charge in [0.05, 0.1) is 18.6 Å². The Labute approximate surface area is 89.7 Å². The van der Waals surface area contributed by atoms with Gasteiger partial charge in [0.25, 0.3) is 0 Å². The van der Waals surface area contributed by atoms with Crippen molar-refractivity contribution in [3.63, 3.8) is 0 Å². The number of aliphatic hydroxyl groups is 1. The molecule has 1 heterocycles. The van der Waals surface area contributed by atoms with Gasteiger partial charge in [-0.3, -0.25) is 0 Å². The monoisotopic (exact) mass is 339 g/mol. The Morgan fingerprint density at radius 3 is 2.67 bits per heavy atom. The third-order valence-electron chi connectivity index (χ3n) is 0.920. The zero-order valence-electron chi connectivity index (χ0n) is 5.28. The van der Waals surface area contributed by atoms with E-state index >= 15 is 0 Å². The molecular formula is C5H8AcN2O. The molecule has 0 aliphatic carbocycles. The molecule has 9 heavy (non-hydrogen) atoms. The molecule has 0 aromatic carbocycles. The maximum atomic E-state index is 8.48. The van der Waals surface area contributed by atoms with Crippen molar-refractivity contribution < 1.29 is 49.2 Å². The molecule has 0 amide bonds. The van der Waals surface area contributed by atoms with E-state index in [1.807, 2.05) is 7.05 Å². The zero-order chi connectivity index (χ0) is 5.98. The molecular weight excluding hydrogens is 331 g/mol. The smallest absolute Gasteiger partial charge is 0.0947 e. The Bertz CT molecular complexity index is 175. The third-order valence-corrected chi connectivity index (χ3v) is 0.920. The second kappa shape index (κ2) is 4.43. The predicted molar refractivity (Wildman–Crippen MR) is 29.1 cm³/mol. The Morgan fingerprint density at radius 2 is 2.44 bits per heavy atom. The van der Waals surface area contributed by atoms with Crippen LogP contribution in [-0.4, -0.2) is 14.7 Å². The van der Waals surface area contributed by atoms with E-state index in [9.17, 15) is 0 Å². The minimum Gasteiger partial charge on any atom is -0.390 e. The molecule has 1 radical (unpaired) electrons. The number of rotatable bonds is 1. The van der Waals surface area contributed by atoms with Crippen LogP contribution in [0.15, 0.2) is 12.5 Å². The minimum atomic E-state index is 0. The van der Waals surface area contributed by atoms with Crippen molar-refractivity contribution in [2.24, 2.45) is 7.05 Å². The SMILES string of the molecule is Cn1cnc(CO)c1.[Ac]. The second-order valence-corrected chi connectivity index (χ2v) is 1.69. The maximum Gasteiger partial charge on any atom is 0.0947 e. The van der Waals surface area contributed by atoms with Crippen LogP contribution < -0.4 is 0 Å². The molecule has 0 aliphatic heterocycles. The number of hydrogen-bond donors (Lipinski definition) is 1. The van der Waals surface area contributed by atoms with Gasteiger partial charge in [0.1, 0.15) is 0 Å². The first-order valence-corrected chi connectivity index (χ1v) is 2.40. The topological polar surface area (TPSA) is 38.0 Å². The molecule has 0 bridgehead atoms. The van der Waals surface area contributed by atoms with E-state index in [0.29, 0.717) is 5.69 Å². The van der Waals surface area contributed by atoms with Crippen LogP contribution >= 0.6 is 0 Å². The minimum absolute atomic E-state index is 0. The Morgan fingerprint density at radius 1 is 1.78 bits per heavy atom. The van der Waals surface area contributed by atoms with Crippen molar-refractivity contribution in [2.75, 3.05) is 0 Å². The molecule has 47 valence electrons. The first-order valence-electron chi connectivity index (χ1n) is 2.40. The fourth-order valence-corrected chi connectivity index (χ4v) is 0.549. The van der Waals surface area contributed by atoms with Gasteiger partial charge in [-0.1, -0.05) is 0 Å². The van der Waals surface area contributed by atoms with Crippen LogP contribution in [0, 0.1) is 44.1 Å². The standard InChI is InChI=1S/C5H8N2O.Ac/c1-7-2-5(3-8)6-4-7;/h2,4,8H,3H2,1H3;. The number of nitrogens with zero attached hydrogens (tertiary/aromatic N) is 2. The van der Waals surface area contributed by atoms with Crippen molar-refractivity contribution in [2.45, 2.75) is 6.61 Å². The summed E-state index contributed by atoms with van der Waals surface area (Å²) in [5.74, 6) is 0. The third kappa shape index (κ3) is 2.79. The van der Waals surface area contributed by atoms with Crippen molar-refractivity contribution >= 4 is 0 Å². The van der Waals surface area contributed by atoms with Crippen LogP contribution in [-0.2, 0) is 13.7 Å². The van der Waals surface area contributed by atoms with Crippen LogP contribution in [0.25, 0.3) is 0 Å². The summed E-state index contributed by atoms with van der Waals surface area (Å²) in [7, 11) is 1.87. The van der Waals surface area contributed by atoms with Gasteiger partial charge in [0, 0.05) is 57.3 Å². The fourth-order valence-electron chi connectivity index (χ4n) is 0.549.